The quantitative estimate of drug-likeness (QED) is 0.790. The molecule has 0 unspecified atom stereocenters. The molecule has 0 fully saturated rings. The van der Waals surface area contributed by atoms with Gasteiger partial charge in [0.1, 0.15) is 12.4 Å². The van der Waals surface area contributed by atoms with Crippen LogP contribution in [0.3, 0.4) is 0 Å². The fourth-order valence-corrected chi connectivity index (χ4v) is 1.78. The Morgan fingerprint density at radius 1 is 1.32 bits per heavy atom. The number of nitrogens with zero attached hydrogens (tertiary/aromatic N) is 1. The zero-order chi connectivity index (χ0) is 14.3. The maximum absolute atomic E-state index is 13.5. The lowest BCUT2D eigenvalue weighted by molar-refractivity contribution is 0.159. The minimum atomic E-state index is -0.386. The minimum absolute atomic E-state index is 0.0938. The van der Waals surface area contributed by atoms with Crippen LogP contribution in [0.2, 0.25) is 0 Å². The highest BCUT2D eigenvalue weighted by molar-refractivity contribution is 5.38. The first kappa shape index (κ1) is 15.6. The summed E-state index contributed by atoms with van der Waals surface area (Å²) in [6.07, 6.45) is 0. The highest BCUT2D eigenvalue weighted by Crippen LogP contribution is 2.13. The van der Waals surface area contributed by atoms with Crippen LogP contribution in [0.5, 0.6) is 0 Å². The molecule has 0 aliphatic heterocycles. The van der Waals surface area contributed by atoms with Gasteiger partial charge in [0.25, 0.3) is 0 Å². The van der Waals surface area contributed by atoms with Crippen LogP contribution in [0.4, 0.5) is 4.39 Å². The largest absolute Gasteiger partial charge is 0.395 e. The Balaban J connectivity index is 2.89. The molecule has 19 heavy (non-hydrogen) atoms. The number of hydrogen-bond acceptors (Lipinski definition) is 3. The van der Waals surface area contributed by atoms with Gasteiger partial charge in [0.15, 0.2) is 0 Å². The van der Waals surface area contributed by atoms with Crippen LogP contribution in [0.25, 0.3) is 0 Å². The summed E-state index contributed by atoms with van der Waals surface area (Å²) >= 11 is 0. The third-order valence-corrected chi connectivity index (χ3v) is 2.84. The summed E-state index contributed by atoms with van der Waals surface area (Å²) in [5, 5.41) is 17.7. The summed E-state index contributed by atoms with van der Waals surface area (Å²) in [5.74, 6) is 4.65. The van der Waals surface area contributed by atoms with Crippen molar-refractivity contribution in [3.05, 3.63) is 35.1 Å². The predicted molar refractivity (Wildman–Crippen MR) is 73.0 cm³/mol. The van der Waals surface area contributed by atoms with Crippen LogP contribution < -0.4 is 0 Å². The van der Waals surface area contributed by atoms with Gasteiger partial charge in [-0.1, -0.05) is 17.9 Å². The van der Waals surface area contributed by atoms with E-state index in [1.807, 2.05) is 13.8 Å². The van der Waals surface area contributed by atoms with Gasteiger partial charge in [-0.3, -0.25) is 4.90 Å². The van der Waals surface area contributed by atoms with Gasteiger partial charge in [-0.05, 0) is 31.5 Å². The Kier molecular flexibility index (Phi) is 6.51. The molecule has 0 bridgehead atoms. The third kappa shape index (κ3) is 4.99. The van der Waals surface area contributed by atoms with E-state index < -0.39 is 0 Å². The van der Waals surface area contributed by atoms with Crippen molar-refractivity contribution in [1.29, 1.82) is 0 Å². The van der Waals surface area contributed by atoms with Gasteiger partial charge in [0.05, 0.1) is 12.2 Å². The molecule has 1 aromatic carbocycles. The second-order valence-corrected chi connectivity index (χ2v) is 4.56. The summed E-state index contributed by atoms with van der Waals surface area (Å²) in [5.41, 5.74) is 1.23. The van der Waals surface area contributed by atoms with E-state index in [1.165, 1.54) is 6.07 Å². The molecular weight excluding hydrogens is 245 g/mol. The number of halogens is 1. The van der Waals surface area contributed by atoms with Gasteiger partial charge in [-0.2, -0.15) is 0 Å². The zero-order valence-corrected chi connectivity index (χ0v) is 11.4. The highest BCUT2D eigenvalue weighted by atomic mass is 19.1. The molecule has 0 saturated heterocycles. The predicted octanol–water partition coefficient (Wildman–Crippen LogP) is 1.37. The monoisotopic (exact) mass is 265 g/mol. The summed E-state index contributed by atoms with van der Waals surface area (Å²) < 4.78 is 13.5. The molecule has 3 nitrogen and oxygen atoms in total. The Labute approximate surface area is 113 Å². The van der Waals surface area contributed by atoms with E-state index in [9.17, 15) is 4.39 Å². The lowest BCUT2D eigenvalue weighted by atomic mass is 10.1. The molecule has 2 N–H and O–H groups in total. The van der Waals surface area contributed by atoms with Gasteiger partial charge in [0, 0.05) is 19.1 Å². The van der Waals surface area contributed by atoms with Crippen LogP contribution in [0.1, 0.15) is 25.0 Å². The molecule has 0 aliphatic carbocycles. The van der Waals surface area contributed by atoms with Crippen LogP contribution in [-0.2, 0) is 6.54 Å². The summed E-state index contributed by atoms with van der Waals surface area (Å²) in [6.45, 7) is 5.11. The number of rotatable bonds is 5. The maximum atomic E-state index is 13.5. The van der Waals surface area contributed by atoms with Crippen molar-refractivity contribution >= 4 is 0 Å². The van der Waals surface area contributed by atoms with Crippen LogP contribution in [0.15, 0.2) is 18.2 Å². The number of hydrogen-bond donors (Lipinski definition) is 2. The van der Waals surface area contributed by atoms with E-state index in [1.54, 1.807) is 12.1 Å². The molecule has 104 valence electrons. The summed E-state index contributed by atoms with van der Waals surface area (Å²) in [4.78, 5) is 2.09. The second kappa shape index (κ2) is 7.90. The van der Waals surface area contributed by atoms with Crippen molar-refractivity contribution in [3.63, 3.8) is 0 Å². The maximum Gasteiger partial charge on any atom is 0.138 e. The molecule has 0 aliphatic rings. The fraction of sp³-hybridized carbons (Fsp3) is 0.467. The van der Waals surface area contributed by atoms with Crippen molar-refractivity contribution in [3.8, 4) is 11.8 Å². The van der Waals surface area contributed by atoms with Gasteiger partial charge < -0.3 is 10.2 Å². The lowest BCUT2D eigenvalue weighted by Gasteiger charge is -2.25. The molecule has 0 heterocycles. The summed E-state index contributed by atoms with van der Waals surface area (Å²) in [7, 11) is 0. The van der Waals surface area contributed by atoms with Gasteiger partial charge in [-0.15, -0.1) is 0 Å². The Morgan fingerprint density at radius 3 is 2.63 bits per heavy atom. The first-order chi connectivity index (χ1) is 9.08. The average Bonchev–Trinajstić information content (AvgIpc) is 2.38. The fourth-order valence-electron chi connectivity index (χ4n) is 1.78. The van der Waals surface area contributed by atoms with Crippen LogP contribution in [-0.4, -0.2) is 40.9 Å². The molecule has 0 saturated carbocycles. The van der Waals surface area contributed by atoms with E-state index >= 15 is 0 Å². The molecule has 0 radical (unpaired) electrons. The standard InChI is InChI=1S/C15H20FNO2/c1-12(2)17(7-9-19)11-13-5-6-15(16)14(10-13)4-3-8-18/h5-6,10,12,18-19H,7-9,11H2,1-2H3. The first-order valence-corrected chi connectivity index (χ1v) is 6.31. The smallest absolute Gasteiger partial charge is 0.138 e. The van der Waals surface area contributed by atoms with E-state index in [0.717, 1.165) is 5.56 Å². The van der Waals surface area contributed by atoms with Crippen molar-refractivity contribution in [2.45, 2.75) is 26.4 Å². The topological polar surface area (TPSA) is 43.7 Å². The average molecular weight is 265 g/mol. The summed E-state index contributed by atoms with van der Waals surface area (Å²) in [6, 6.07) is 5.08. The van der Waals surface area contributed by atoms with Crippen LogP contribution in [0, 0.1) is 17.7 Å². The SMILES string of the molecule is CC(C)N(CCO)Cc1ccc(F)c(C#CCO)c1. The zero-order valence-electron chi connectivity index (χ0n) is 11.4. The highest BCUT2D eigenvalue weighted by Gasteiger charge is 2.10. The lowest BCUT2D eigenvalue weighted by Crippen LogP contribution is -2.32. The van der Waals surface area contributed by atoms with Crippen molar-refractivity contribution in [2.75, 3.05) is 19.8 Å². The van der Waals surface area contributed by atoms with Crippen molar-refractivity contribution in [2.24, 2.45) is 0 Å². The van der Waals surface area contributed by atoms with E-state index in [4.69, 9.17) is 10.2 Å². The van der Waals surface area contributed by atoms with E-state index in [-0.39, 0.29) is 19.0 Å². The normalized spacial score (nSPS) is 10.7. The molecule has 1 aromatic rings. The minimum Gasteiger partial charge on any atom is -0.395 e. The molecule has 0 atom stereocenters. The number of aliphatic hydroxyl groups excluding tert-OH is 2. The van der Waals surface area contributed by atoms with Crippen molar-refractivity contribution < 1.29 is 14.6 Å². The van der Waals surface area contributed by atoms with Crippen LogP contribution >= 0.6 is 0 Å². The second-order valence-electron chi connectivity index (χ2n) is 4.56. The van der Waals surface area contributed by atoms with Gasteiger partial charge >= 0.3 is 0 Å². The molecule has 0 spiro atoms. The van der Waals surface area contributed by atoms with Crippen molar-refractivity contribution in [1.82, 2.24) is 4.90 Å². The molecule has 0 amide bonds. The Morgan fingerprint density at radius 2 is 2.05 bits per heavy atom. The van der Waals surface area contributed by atoms with E-state index in [2.05, 4.69) is 16.7 Å². The van der Waals surface area contributed by atoms with Gasteiger partial charge in [-0.25, -0.2) is 4.39 Å². The number of aliphatic hydroxyl groups is 2. The molecular formula is C15H20FNO2. The molecule has 4 heteroatoms. The van der Waals surface area contributed by atoms with E-state index in [0.29, 0.717) is 24.7 Å². The third-order valence-electron chi connectivity index (χ3n) is 2.84. The Bertz CT molecular complexity index is 463. The first-order valence-electron chi connectivity index (χ1n) is 6.31. The van der Waals surface area contributed by atoms with Gasteiger partial charge in [0.2, 0.25) is 0 Å². The molecule has 1 rings (SSSR count). The Hall–Kier alpha value is -1.41. The number of benzene rings is 1. The molecule has 0 aromatic heterocycles.